The Morgan fingerprint density at radius 1 is 1.24 bits per heavy atom. The molecule has 0 aliphatic heterocycles. The zero-order chi connectivity index (χ0) is 15.8. The van der Waals surface area contributed by atoms with E-state index in [0.717, 1.165) is 49.0 Å². The predicted octanol–water partition coefficient (Wildman–Crippen LogP) is 3.03. The minimum atomic E-state index is 0.424. The van der Waals surface area contributed by atoms with Gasteiger partial charge in [0.1, 0.15) is 17.5 Å². The maximum atomic E-state index is 5.26. The molecule has 5 heteroatoms. The van der Waals surface area contributed by atoms with Gasteiger partial charge in [0.25, 0.3) is 0 Å². The van der Waals surface area contributed by atoms with E-state index in [1.54, 1.807) is 7.11 Å². The molecule has 0 saturated carbocycles. The molecule has 0 aliphatic rings. The molecule has 1 aromatic heterocycles. The van der Waals surface area contributed by atoms with Crippen molar-refractivity contribution in [2.75, 3.05) is 37.0 Å². The first kappa shape index (κ1) is 17.7. The molecule has 0 fully saturated rings. The Bertz CT molecular complexity index is 437. The lowest BCUT2D eigenvalue weighted by Crippen LogP contribution is -2.37. The first-order chi connectivity index (χ1) is 10.1. The lowest BCUT2D eigenvalue weighted by atomic mass is 10.2. The quantitative estimate of drug-likeness (QED) is 0.758. The van der Waals surface area contributed by atoms with E-state index in [1.165, 1.54) is 0 Å². The van der Waals surface area contributed by atoms with Gasteiger partial charge < -0.3 is 15.0 Å². The summed E-state index contributed by atoms with van der Waals surface area (Å²) >= 11 is 0. The van der Waals surface area contributed by atoms with Gasteiger partial charge in [0.2, 0.25) is 0 Å². The van der Waals surface area contributed by atoms with Crippen LogP contribution in [0, 0.1) is 6.92 Å². The average Bonchev–Trinajstić information content (AvgIpc) is 2.50. The first-order valence-corrected chi connectivity index (χ1v) is 7.95. The minimum absolute atomic E-state index is 0.424. The maximum absolute atomic E-state index is 5.26. The zero-order valence-electron chi connectivity index (χ0n) is 14.4. The number of anilines is 2. The molecule has 120 valence electrons. The molecule has 0 amide bonds. The second-order valence-electron chi connectivity index (χ2n) is 5.26. The number of hydrogen-bond donors (Lipinski definition) is 1. The molecule has 0 saturated heterocycles. The van der Waals surface area contributed by atoms with Crippen molar-refractivity contribution in [3.63, 3.8) is 0 Å². The van der Waals surface area contributed by atoms with E-state index < -0.39 is 0 Å². The number of aryl methyl sites for hydroxylation is 1. The molecule has 1 heterocycles. The zero-order valence-corrected chi connectivity index (χ0v) is 14.4. The van der Waals surface area contributed by atoms with Crippen molar-refractivity contribution >= 4 is 11.6 Å². The molecule has 1 rings (SSSR count). The molecule has 1 N–H and O–H groups in total. The van der Waals surface area contributed by atoms with Gasteiger partial charge in [0.05, 0.1) is 6.61 Å². The van der Waals surface area contributed by atoms with Crippen LogP contribution < -0.4 is 10.2 Å². The van der Waals surface area contributed by atoms with Crippen LogP contribution in [0.15, 0.2) is 0 Å². The Morgan fingerprint density at radius 3 is 2.48 bits per heavy atom. The van der Waals surface area contributed by atoms with Gasteiger partial charge >= 0.3 is 0 Å². The summed E-state index contributed by atoms with van der Waals surface area (Å²) in [5.41, 5.74) is 1.12. The molecule has 0 spiro atoms. The standard InChI is InChI=1S/C16H30N4O/c1-7-12(4)20(10-11-21-6)16-13(5)15(17-9-3)18-14(8-2)19-16/h12H,7-11H2,1-6H3,(H,17,18,19). The Hall–Kier alpha value is -1.36. The lowest BCUT2D eigenvalue weighted by molar-refractivity contribution is 0.203. The van der Waals surface area contributed by atoms with E-state index in [4.69, 9.17) is 9.72 Å². The Morgan fingerprint density at radius 2 is 1.95 bits per heavy atom. The van der Waals surface area contributed by atoms with E-state index >= 15 is 0 Å². The van der Waals surface area contributed by atoms with Crippen LogP contribution in [-0.2, 0) is 11.2 Å². The molecule has 0 aliphatic carbocycles. The summed E-state index contributed by atoms with van der Waals surface area (Å²) in [5, 5.41) is 3.35. The molecule has 5 nitrogen and oxygen atoms in total. The summed E-state index contributed by atoms with van der Waals surface area (Å²) in [6.07, 6.45) is 1.91. The van der Waals surface area contributed by atoms with Crippen LogP contribution in [0.25, 0.3) is 0 Å². The van der Waals surface area contributed by atoms with Crippen molar-refractivity contribution in [3.05, 3.63) is 11.4 Å². The van der Waals surface area contributed by atoms with E-state index in [-0.39, 0.29) is 0 Å². The van der Waals surface area contributed by atoms with E-state index in [9.17, 15) is 0 Å². The van der Waals surface area contributed by atoms with Crippen LogP contribution >= 0.6 is 0 Å². The van der Waals surface area contributed by atoms with Crippen molar-refractivity contribution in [3.8, 4) is 0 Å². The molecule has 0 bridgehead atoms. The van der Waals surface area contributed by atoms with Crippen molar-refractivity contribution in [1.29, 1.82) is 0 Å². The van der Waals surface area contributed by atoms with Gasteiger partial charge in [-0.25, -0.2) is 9.97 Å². The Kier molecular flexibility index (Phi) is 7.43. The molecule has 1 aromatic rings. The topological polar surface area (TPSA) is 50.3 Å². The summed E-state index contributed by atoms with van der Waals surface area (Å²) in [7, 11) is 1.74. The number of hydrogen-bond acceptors (Lipinski definition) is 5. The molecule has 1 atom stereocenters. The summed E-state index contributed by atoms with van der Waals surface area (Å²) in [6, 6.07) is 0.424. The monoisotopic (exact) mass is 294 g/mol. The smallest absolute Gasteiger partial charge is 0.137 e. The van der Waals surface area contributed by atoms with Crippen LogP contribution in [-0.4, -0.2) is 42.8 Å². The van der Waals surface area contributed by atoms with Crippen molar-refractivity contribution in [1.82, 2.24) is 9.97 Å². The fourth-order valence-corrected chi connectivity index (χ4v) is 2.27. The molecule has 0 aromatic carbocycles. The van der Waals surface area contributed by atoms with Crippen molar-refractivity contribution in [2.45, 2.75) is 53.5 Å². The van der Waals surface area contributed by atoms with Gasteiger partial charge in [0, 0.05) is 38.2 Å². The van der Waals surface area contributed by atoms with Crippen molar-refractivity contribution < 1.29 is 4.74 Å². The number of nitrogens with zero attached hydrogens (tertiary/aromatic N) is 3. The molecule has 1 unspecified atom stereocenters. The molecular weight excluding hydrogens is 264 g/mol. The number of ether oxygens (including phenoxy) is 1. The van der Waals surface area contributed by atoms with Crippen LogP contribution in [0.1, 0.15) is 45.5 Å². The number of methoxy groups -OCH3 is 1. The van der Waals surface area contributed by atoms with Gasteiger partial charge in [0.15, 0.2) is 0 Å². The van der Waals surface area contributed by atoms with Gasteiger partial charge in [-0.3, -0.25) is 0 Å². The highest BCUT2D eigenvalue weighted by atomic mass is 16.5. The number of nitrogens with one attached hydrogen (secondary N) is 1. The summed E-state index contributed by atoms with van der Waals surface area (Å²) < 4.78 is 5.26. The fraction of sp³-hybridized carbons (Fsp3) is 0.750. The third-order valence-electron chi connectivity index (χ3n) is 3.76. The Labute approximate surface area is 129 Å². The Balaban J connectivity index is 3.23. The minimum Gasteiger partial charge on any atom is -0.383 e. The second-order valence-corrected chi connectivity index (χ2v) is 5.26. The fourth-order valence-electron chi connectivity index (χ4n) is 2.27. The SMILES string of the molecule is CCNc1nc(CC)nc(N(CCOC)C(C)CC)c1C. The van der Waals surface area contributed by atoms with Crippen LogP contribution in [0.5, 0.6) is 0 Å². The van der Waals surface area contributed by atoms with Crippen LogP contribution in [0.2, 0.25) is 0 Å². The van der Waals surface area contributed by atoms with E-state index in [1.807, 2.05) is 0 Å². The van der Waals surface area contributed by atoms with Gasteiger partial charge in [-0.05, 0) is 27.2 Å². The number of rotatable bonds is 9. The normalized spacial score (nSPS) is 12.3. The highest BCUT2D eigenvalue weighted by Gasteiger charge is 2.19. The summed E-state index contributed by atoms with van der Waals surface area (Å²) in [5.74, 6) is 2.87. The maximum Gasteiger partial charge on any atom is 0.137 e. The van der Waals surface area contributed by atoms with Gasteiger partial charge in [-0.1, -0.05) is 13.8 Å². The first-order valence-electron chi connectivity index (χ1n) is 7.95. The third-order valence-corrected chi connectivity index (χ3v) is 3.76. The van der Waals surface area contributed by atoms with Gasteiger partial charge in [-0.2, -0.15) is 0 Å². The van der Waals surface area contributed by atoms with E-state index in [0.29, 0.717) is 12.6 Å². The molecule has 0 radical (unpaired) electrons. The highest BCUT2D eigenvalue weighted by Crippen LogP contribution is 2.26. The highest BCUT2D eigenvalue weighted by molar-refractivity contribution is 5.59. The van der Waals surface area contributed by atoms with E-state index in [2.05, 4.69) is 49.8 Å². The largest absolute Gasteiger partial charge is 0.383 e. The number of aromatic nitrogens is 2. The third kappa shape index (κ3) is 4.56. The molecule has 21 heavy (non-hydrogen) atoms. The van der Waals surface area contributed by atoms with Crippen molar-refractivity contribution in [2.24, 2.45) is 0 Å². The molecular formula is C16H30N4O. The summed E-state index contributed by atoms with van der Waals surface area (Å²) in [4.78, 5) is 11.7. The van der Waals surface area contributed by atoms with Crippen LogP contribution in [0.3, 0.4) is 0 Å². The predicted molar refractivity (Wildman–Crippen MR) is 89.3 cm³/mol. The summed E-state index contributed by atoms with van der Waals surface area (Å²) in [6.45, 7) is 13.1. The average molecular weight is 294 g/mol. The second kappa shape index (κ2) is 8.82. The lowest BCUT2D eigenvalue weighted by Gasteiger charge is -2.31. The van der Waals surface area contributed by atoms with Gasteiger partial charge in [-0.15, -0.1) is 0 Å². The van der Waals surface area contributed by atoms with Crippen LogP contribution in [0.4, 0.5) is 11.6 Å².